The Morgan fingerprint density at radius 1 is 1.21 bits per heavy atom. The third-order valence-corrected chi connectivity index (χ3v) is 5.31. The quantitative estimate of drug-likeness (QED) is 0.380. The maximum atomic E-state index is 11.0. The van der Waals surface area contributed by atoms with Gasteiger partial charge in [-0.1, -0.05) is 0 Å². The molecule has 0 N–H and O–H groups in total. The van der Waals surface area contributed by atoms with Crippen LogP contribution in [0.4, 0.5) is 0 Å². The summed E-state index contributed by atoms with van der Waals surface area (Å²) in [6.45, 7) is 6.10. The molecule has 0 saturated carbocycles. The molecule has 1 nitrogen and oxygen atoms in total. The molecule has 0 unspecified atom stereocenters. The standard InChI is InChI=1S/C12H22OTe/c1-4-6-8-12(10-11(3)13)14-9-7-5-2/h10H,4-9H2,1-3H3/b12-10-. The predicted molar refractivity (Wildman–Crippen MR) is 63.8 cm³/mol. The zero-order valence-electron chi connectivity index (χ0n) is 9.64. The van der Waals surface area contributed by atoms with Crippen LogP contribution in [0.5, 0.6) is 0 Å². The fraction of sp³-hybridized carbons (Fsp3) is 0.750. The first-order valence-electron chi connectivity index (χ1n) is 5.54. The van der Waals surface area contributed by atoms with E-state index in [1.54, 1.807) is 6.92 Å². The first kappa shape index (κ1) is 14.2. The summed E-state index contributed by atoms with van der Waals surface area (Å²) < 4.78 is 2.85. The van der Waals surface area contributed by atoms with Gasteiger partial charge in [-0.3, -0.25) is 0 Å². The average Bonchev–Trinajstić information content (AvgIpc) is 2.13. The van der Waals surface area contributed by atoms with Crippen LogP contribution in [-0.2, 0) is 4.79 Å². The molecular weight excluding hydrogens is 288 g/mol. The molecule has 0 heterocycles. The van der Waals surface area contributed by atoms with Crippen LogP contribution in [0, 0.1) is 0 Å². The van der Waals surface area contributed by atoms with Crippen molar-refractivity contribution in [2.45, 2.75) is 57.3 Å². The van der Waals surface area contributed by atoms with Crippen molar-refractivity contribution in [3.63, 3.8) is 0 Å². The minimum atomic E-state index is -0.0300. The van der Waals surface area contributed by atoms with E-state index in [0.29, 0.717) is 0 Å². The van der Waals surface area contributed by atoms with Gasteiger partial charge in [0.2, 0.25) is 0 Å². The van der Waals surface area contributed by atoms with Crippen LogP contribution in [0.15, 0.2) is 9.70 Å². The predicted octanol–water partition coefficient (Wildman–Crippen LogP) is 3.57. The van der Waals surface area contributed by atoms with Gasteiger partial charge in [0.25, 0.3) is 0 Å². The van der Waals surface area contributed by atoms with Crippen LogP contribution in [0.1, 0.15) is 52.9 Å². The maximum absolute atomic E-state index is 11.0. The van der Waals surface area contributed by atoms with Crippen molar-refractivity contribution in [2.75, 3.05) is 0 Å². The SMILES string of the molecule is CCCC[Te]/C(=C\C(C)=O)CCCC. The van der Waals surface area contributed by atoms with Gasteiger partial charge in [-0.05, 0) is 0 Å². The molecule has 0 aliphatic carbocycles. The van der Waals surface area contributed by atoms with Gasteiger partial charge in [-0.15, -0.1) is 0 Å². The molecule has 0 atom stereocenters. The van der Waals surface area contributed by atoms with Crippen molar-refractivity contribution in [1.82, 2.24) is 0 Å². The van der Waals surface area contributed by atoms with Crippen molar-refractivity contribution in [1.29, 1.82) is 0 Å². The second-order valence-corrected chi connectivity index (χ2v) is 7.01. The number of rotatable bonds is 8. The van der Waals surface area contributed by atoms with Gasteiger partial charge in [-0.25, -0.2) is 0 Å². The molecule has 0 aromatic rings. The van der Waals surface area contributed by atoms with Gasteiger partial charge >= 0.3 is 98.5 Å². The van der Waals surface area contributed by atoms with E-state index in [9.17, 15) is 4.79 Å². The van der Waals surface area contributed by atoms with Crippen molar-refractivity contribution < 1.29 is 4.79 Å². The van der Waals surface area contributed by atoms with Crippen molar-refractivity contribution in [2.24, 2.45) is 0 Å². The Bertz CT molecular complexity index is 185. The number of carbonyl (C=O) groups is 1. The van der Waals surface area contributed by atoms with E-state index in [1.807, 2.05) is 6.08 Å². The molecule has 2 heteroatoms. The molecular formula is C12H22OTe. The van der Waals surface area contributed by atoms with E-state index < -0.39 is 0 Å². The molecule has 0 aliphatic rings. The van der Waals surface area contributed by atoms with E-state index in [4.69, 9.17) is 0 Å². The Kier molecular flexibility index (Phi) is 9.88. The van der Waals surface area contributed by atoms with Gasteiger partial charge in [0, 0.05) is 0 Å². The summed E-state index contributed by atoms with van der Waals surface area (Å²) in [6, 6.07) is 0. The van der Waals surface area contributed by atoms with Gasteiger partial charge < -0.3 is 0 Å². The Hall–Kier alpha value is 0.200. The van der Waals surface area contributed by atoms with Gasteiger partial charge in [0.1, 0.15) is 0 Å². The first-order chi connectivity index (χ1) is 6.70. The zero-order chi connectivity index (χ0) is 10.8. The third kappa shape index (κ3) is 8.78. The minimum absolute atomic E-state index is 0.0300. The van der Waals surface area contributed by atoms with E-state index in [2.05, 4.69) is 13.8 Å². The number of allylic oxidation sites excluding steroid dienone is 2. The normalized spacial score (nSPS) is 11.8. The summed E-state index contributed by atoms with van der Waals surface area (Å²) in [4.78, 5) is 11.0. The van der Waals surface area contributed by atoms with Crippen LogP contribution >= 0.6 is 0 Å². The molecule has 0 bridgehead atoms. The summed E-state index contributed by atoms with van der Waals surface area (Å²) in [5, 5.41) is 0. The Balaban J connectivity index is 3.91. The van der Waals surface area contributed by atoms with Crippen LogP contribution in [0.3, 0.4) is 0 Å². The second-order valence-electron chi connectivity index (χ2n) is 3.53. The van der Waals surface area contributed by atoms with E-state index in [1.165, 1.54) is 40.2 Å². The number of carbonyl (C=O) groups excluding carboxylic acids is 1. The Morgan fingerprint density at radius 3 is 2.36 bits per heavy atom. The summed E-state index contributed by atoms with van der Waals surface area (Å²) in [7, 11) is 0. The van der Waals surface area contributed by atoms with Crippen LogP contribution < -0.4 is 0 Å². The van der Waals surface area contributed by atoms with Gasteiger partial charge in [0.05, 0.1) is 0 Å². The topological polar surface area (TPSA) is 17.1 Å². The molecule has 0 fully saturated rings. The zero-order valence-corrected chi connectivity index (χ0v) is 12.0. The van der Waals surface area contributed by atoms with Crippen molar-refractivity contribution in [3.05, 3.63) is 9.70 Å². The van der Waals surface area contributed by atoms with Crippen molar-refractivity contribution >= 4 is 26.7 Å². The summed E-state index contributed by atoms with van der Waals surface area (Å²) in [5.41, 5.74) is 0. The molecule has 0 aliphatic heterocycles. The third-order valence-electron chi connectivity index (χ3n) is 1.93. The molecule has 0 aromatic heterocycles. The average molecular weight is 310 g/mol. The molecule has 0 amide bonds. The fourth-order valence-corrected chi connectivity index (χ4v) is 4.63. The van der Waals surface area contributed by atoms with Crippen molar-refractivity contribution in [3.8, 4) is 0 Å². The second kappa shape index (κ2) is 9.74. The first-order valence-corrected chi connectivity index (χ1v) is 8.36. The molecule has 0 aromatic carbocycles. The summed E-state index contributed by atoms with van der Waals surface area (Å²) in [6.07, 6.45) is 8.16. The number of hydrogen-bond donors (Lipinski definition) is 0. The molecule has 14 heavy (non-hydrogen) atoms. The van der Waals surface area contributed by atoms with Gasteiger partial charge in [-0.2, -0.15) is 0 Å². The van der Waals surface area contributed by atoms with E-state index in [-0.39, 0.29) is 26.7 Å². The van der Waals surface area contributed by atoms with Gasteiger partial charge in [0.15, 0.2) is 0 Å². The fourth-order valence-electron chi connectivity index (χ4n) is 1.11. The molecule has 0 rings (SSSR count). The molecule has 0 saturated heterocycles. The van der Waals surface area contributed by atoms with E-state index in [0.717, 1.165) is 0 Å². The number of hydrogen-bond acceptors (Lipinski definition) is 1. The van der Waals surface area contributed by atoms with Crippen LogP contribution in [0.2, 0.25) is 4.47 Å². The Morgan fingerprint density at radius 2 is 1.86 bits per heavy atom. The summed E-state index contributed by atoms with van der Waals surface area (Å²) >= 11 is -0.0300. The molecule has 0 radical (unpaired) electrons. The summed E-state index contributed by atoms with van der Waals surface area (Å²) in [5.74, 6) is 0.234. The molecule has 0 spiro atoms. The van der Waals surface area contributed by atoms with Crippen LogP contribution in [0.25, 0.3) is 0 Å². The monoisotopic (exact) mass is 312 g/mol. The number of unbranched alkanes of at least 4 members (excludes halogenated alkanes) is 2. The number of ketones is 1. The Labute approximate surface area is 98.4 Å². The molecule has 82 valence electrons. The van der Waals surface area contributed by atoms with Crippen LogP contribution in [-0.4, -0.2) is 26.7 Å². The van der Waals surface area contributed by atoms with E-state index >= 15 is 0 Å².